The molecule has 0 saturated heterocycles. The van der Waals surface area contributed by atoms with Crippen LogP contribution in [0.3, 0.4) is 0 Å². The third-order valence-electron chi connectivity index (χ3n) is 3.43. The molecular weight excluding hydrogens is 234 g/mol. The standard InChI is InChI=1S/C13H15NO4/c15-12-4-2-1-3-11(12)13(16)9-5-7-10(8-6-9)14(17)18/h5-8,11,13,16H,1-4H2. The third-order valence-corrected chi connectivity index (χ3v) is 3.43. The predicted octanol–water partition coefficient (Wildman–Crippen LogP) is 2.39. The Morgan fingerprint density at radius 1 is 1.28 bits per heavy atom. The first-order valence-corrected chi connectivity index (χ1v) is 6.04. The lowest BCUT2D eigenvalue weighted by Gasteiger charge is -2.25. The van der Waals surface area contributed by atoms with Crippen LogP contribution in [0.4, 0.5) is 5.69 Å². The van der Waals surface area contributed by atoms with Crippen LogP contribution in [0.25, 0.3) is 0 Å². The van der Waals surface area contributed by atoms with E-state index in [1.54, 1.807) is 0 Å². The molecule has 2 rings (SSSR count). The first kappa shape index (κ1) is 12.7. The summed E-state index contributed by atoms with van der Waals surface area (Å²) < 4.78 is 0. The van der Waals surface area contributed by atoms with E-state index in [1.807, 2.05) is 0 Å². The average Bonchev–Trinajstić information content (AvgIpc) is 2.38. The number of aliphatic hydroxyl groups excluding tert-OH is 1. The smallest absolute Gasteiger partial charge is 0.269 e. The molecule has 0 heterocycles. The van der Waals surface area contributed by atoms with Crippen LogP contribution in [0.15, 0.2) is 24.3 Å². The van der Waals surface area contributed by atoms with E-state index < -0.39 is 11.0 Å². The Balaban J connectivity index is 2.15. The molecule has 0 aliphatic heterocycles. The number of carbonyl (C=O) groups excluding carboxylic acids is 1. The van der Waals surface area contributed by atoms with Gasteiger partial charge in [0.2, 0.25) is 0 Å². The van der Waals surface area contributed by atoms with Crippen molar-refractivity contribution in [3.63, 3.8) is 0 Å². The molecule has 0 bridgehead atoms. The molecule has 1 aromatic rings. The zero-order valence-electron chi connectivity index (χ0n) is 9.91. The van der Waals surface area contributed by atoms with Crippen molar-refractivity contribution in [1.29, 1.82) is 0 Å². The number of hydrogen-bond acceptors (Lipinski definition) is 4. The topological polar surface area (TPSA) is 80.4 Å². The van der Waals surface area contributed by atoms with E-state index in [2.05, 4.69) is 0 Å². The molecule has 0 amide bonds. The number of carbonyl (C=O) groups is 1. The second kappa shape index (κ2) is 5.27. The molecule has 1 aliphatic carbocycles. The van der Waals surface area contributed by atoms with Gasteiger partial charge in [0.15, 0.2) is 0 Å². The van der Waals surface area contributed by atoms with Gasteiger partial charge in [0.1, 0.15) is 5.78 Å². The minimum absolute atomic E-state index is 0.0130. The molecule has 96 valence electrons. The molecule has 0 spiro atoms. The molecule has 1 aromatic carbocycles. The van der Waals surface area contributed by atoms with Crippen molar-refractivity contribution in [3.8, 4) is 0 Å². The van der Waals surface area contributed by atoms with Crippen LogP contribution in [0.5, 0.6) is 0 Å². The Bertz CT molecular complexity index is 455. The van der Waals surface area contributed by atoms with E-state index in [0.29, 0.717) is 18.4 Å². The van der Waals surface area contributed by atoms with E-state index in [0.717, 1.165) is 12.8 Å². The lowest BCUT2D eigenvalue weighted by atomic mass is 9.82. The largest absolute Gasteiger partial charge is 0.388 e. The summed E-state index contributed by atoms with van der Waals surface area (Å²) in [7, 11) is 0. The lowest BCUT2D eigenvalue weighted by molar-refractivity contribution is -0.384. The number of non-ortho nitro benzene ring substituents is 1. The summed E-state index contributed by atoms with van der Waals surface area (Å²) in [6.45, 7) is 0. The normalized spacial score (nSPS) is 21.6. The summed E-state index contributed by atoms with van der Waals surface area (Å²) in [6, 6.07) is 5.74. The van der Waals surface area contributed by atoms with Gasteiger partial charge in [-0.25, -0.2) is 0 Å². The number of nitrogens with zero attached hydrogens (tertiary/aromatic N) is 1. The maximum absolute atomic E-state index is 11.7. The molecule has 0 aromatic heterocycles. The molecule has 0 radical (unpaired) electrons. The Labute approximate surface area is 105 Å². The van der Waals surface area contributed by atoms with Gasteiger partial charge in [-0.15, -0.1) is 0 Å². The highest BCUT2D eigenvalue weighted by atomic mass is 16.6. The summed E-state index contributed by atoms with van der Waals surface area (Å²) in [5, 5.41) is 20.7. The van der Waals surface area contributed by atoms with Crippen molar-refractivity contribution in [3.05, 3.63) is 39.9 Å². The first-order chi connectivity index (χ1) is 8.59. The SMILES string of the molecule is O=C1CCCCC1C(O)c1ccc([N+](=O)[O-])cc1. The van der Waals surface area contributed by atoms with Crippen molar-refractivity contribution in [1.82, 2.24) is 0 Å². The fourth-order valence-electron chi connectivity index (χ4n) is 2.37. The van der Waals surface area contributed by atoms with Crippen molar-refractivity contribution in [2.24, 2.45) is 5.92 Å². The Hall–Kier alpha value is -1.75. The van der Waals surface area contributed by atoms with Crippen LogP contribution in [-0.4, -0.2) is 15.8 Å². The summed E-state index contributed by atoms with van der Waals surface area (Å²) >= 11 is 0. The van der Waals surface area contributed by atoms with Crippen LogP contribution < -0.4 is 0 Å². The molecule has 1 aliphatic rings. The molecule has 1 fully saturated rings. The minimum atomic E-state index is -0.849. The van der Waals surface area contributed by atoms with Crippen LogP contribution in [0.1, 0.15) is 37.4 Å². The molecule has 1 saturated carbocycles. The quantitative estimate of drug-likeness (QED) is 0.658. The summed E-state index contributed by atoms with van der Waals surface area (Å²) in [6.07, 6.45) is 2.20. The molecular formula is C13H15NO4. The van der Waals surface area contributed by atoms with Crippen LogP contribution in [0.2, 0.25) is 0 Å². The monoisotopic (exact) mass is 249 g/mol. The molecule has 18 heavy (non-hydrogen) atoms. The Morgan fingerprint density at radius 3 is 2.50 bits per heavy atom. The van der Waals surface area contributed by atoms with Crippen molar-refractivity contribution < 1.29 is 14.8 Å². The molecule has 5 heteroatoms. The van der Waals surface area contributed by atoms with Gasteiger partial charge in [-0.2, -0.15) is 0 Å². The van der Waals surface area contributed by atoms with E-state index >= 15 is 0 Å². The van der Waals surface area contributed by atoms with E-state index in [4.69, 9.17) is 0 Å². The van der Waals surface area contributed by atoms with Crippen LogP contribution in [-0.2, 0) is 4.79 Å². The van der Waals surface area contributed by atoms with Crippen LogP contribution in [0, 0.1) is 16.0 Å². The van der Waals surface area contributed by atoms with Crippen molar-refractivity contribution in [2.75, 3.05) is 0 Å². The van der Waals surface area contributed by atoms with Gasteiger partial charge < -0.3 is 5.11 Å². The number of nitro groups is 1. The Morgan fingerprint density at radius 2 is 1.94 bits per heavy atom. The zero-order chi connectivity index (χ0) is 13.1. The van der Waals surface area contributed by atoms with Crippen LogP contribution >= 0.6 is 0 Å². The van der Waals surface area contributed by atoms with Gasteiger partial charge in [-0.3, -0.25) is 14.9 Å². The number of aliphatic hydroxyl groups is 1. The molecule has 5 nitrogen and oxygen atoms in total. The lowest BCUT2D eigenvalue weighted by Crippen LogP contribution is -2.25. The first-order valence-electron chi connectivity index (χ1n) is 6.04. The number of nitro benzene ring substituents is 1. The summed E-state index contributed by atoms with van der Waals surface area (Å²) in [4.78, 5) is 21.8. The number of rotatable bonds is 3. The van der Waals surface area contributed by atoms with Gasteiger partial charge in [0.25, 0.3) is 5.69 Å². The second-order valence-corrected chi connectivity index (χ2v) is 4.61. The highest BCUT2D eigenvalue weighted by molar-refractivity contribution is 5.82. The molecule has 2 unspecified atom stereocenters. The second-order valence-electron chi connectivity index (χ2n) is 4.61. The maximum Gasteiger partial charge on any atom is 0.269 e. The van der Waals surface area contributed by atoms with Crippen molar-refractivity contribution >= 4 is 11.5 Å². The summed E-state index contributed by atoms with van der Waals surface area (Å²) in [5.74, 6) is -0.271. The minimum Gasteiger partial charge on any atom is -0.388 e. The van der Waals surface area contributed by atoms with E-state index in [1.165, 1.54) is 24.3 Å². The highest BCUT2D eigenvalue weighted by Crippen LogP contribution is 2.32. The molecule has 1 N–H and O–H groups in total. The fraction of sp³-hybridized carbons (Fsp3) is 0.462. The summed E-state index contributed by atoms with van der Waals surface area (Å²) in [5.41, 5.74) is 0.557. The molecule has 2 atom stereocenters. The fourth-order valence-corrected chi connectivity index (χ4v) is 2.37. The number of benzene rings is 1. The van der Waals surface area contributed by atoms with E-state index in [-0.39, 0.29) is 17.4 Å². The van der Waals surface area contributed by atoms with Gasteiger partial charge in [0.05, 0.1) is 11.0 Å². The Kier molecular flexibility index (Phi) is 3.72. The number of ketones is 1. The van der Waals surface area contributed by atoms with Crippen molar-refractivity contribution in [2.45, 2.75) is 31.8 Å². The van der Waals surface area contributed by atoms with E-state index in [9.17, 15) is 20.0 Å². The highest BCUT2D eigenvalue weighted by Gasteiger charge is 2.30. The van der Waals surface area contributed by atoms with Gasteiger partial charge in [0, 0.05) is 24.5 Å². The van der Waals surface area contributed by atoms with Gasteiger partial charge in [-0.05, 0) is 30.5 Å². The zero-order valence-corrected chi connectivity index (χ0v) is 9.91. The maximum atomic E-state index is 11.7. The predicted molar refractivity (Wildman–Crippen MR) is 65.0 cm³/mol. The third kappa shape index (κ3) is 2.56. The van der Waals surface area contributed by atoms with Gasteiger partial charge >= 0.3 is 0 Å². The number of hydrogen-bond donors (Lipinski definition) is 1. The van der Waals surface area contributed by atoms with Gasteiger partial charge in [-0.1, -0.05) is 6.42 Å². The number of Topliss-reactive ketones (excluding diaryl/α,β-unsaturated/α-hetero) is 1. The average molecular weight is 249 g/mol.